The van der Waals surface area contributed by atoms with Gasteiger partial charge in [0, 0.05) is 0 Å². The number of aromatic hydroxyl groups is 1. The Hall–Kier alpha value is -2.79. The Kier molecular flexibility index (Phi) is 5.05. The molecule has 0 unspecified atom stereocenters. The quantitative estimate of drug-likeness (QED) is 0.799. The number of nitrogens with zero attached hydrogens (tertiary/aromatic N) is 1. The number of carbonyl (C=O) groups is 1. The predicted octanol–water partition coefficient (Wildman–Crippen LogP) is 4.54. The number of rotatable bonds is 3. The first-order valence-corrected chi connectivity index (χ1v) is 8.66. The highest BCUT2D eigenvalue weighted by atomic mass is 32.2. The standard InChI is InChI=1S/C20H18N2O2S/c1-13(11-15-8-4-3-5-9-15)12-17-19(24)22-20(25-17)21-18-14(2)7-6-10-16(18)23/h3-12,23H,1-2H3,(H,21,22,24)/b13-11+,17-12-. The summed E-state index contributed by atoms with van der Waals surface area (Å²) >= 11 is 1.27. The highest BCUT2D eigenvalue weighted by Crippen LogP contribution is 2.33. The lowest BCUT2D eigenvalue weighted by atomic mass is 10.1. The number of hydrogen-bond acceptors (Lipinski definition) is 4. The van der Waals surface area contributed by atoms with E-state index in [1.807, 2.05) is 62.4 Å². The van der Waals surface area contributed by atoms with Gasteiger partial charge in [0.05, 0.1) is 4.91 Å². The Bertz CT molecular complexity index is 879. The minimum absolute atomic E-state index is 0.0972. The zero-order chi connectivity index (χ0) is 17.8. The van der Waals surface area contributed by atoms with E-state index in [2.05, 4.69) is 10.3 Å². The molecule has 1 aliphatic rings. The molecule has 2 aromatic carbocycles. The molecule has 0 spiro atoms. The van der Waals surface area contributed by atoms with E-state index in [-0.39, 0.29) is 11.7 Å². The van der Waals surface area contributed by atoms with Gasteiger partial charge in [-0.15, -0.1) is 0 Å². The van der Waals surface area contributed by atoms with Gasteiger partial charge in [-0.25, -0.2) is 4.99 Å². The molecule has 25 heavy (non-hydrogen) atoms. The van der Waals surface area contributed by atoms with Gasteiger partial charge in [-0.3, -0.25) is 4.79 Å². The summed E-state index contributed by atoms with van der Waals surface area (Å²) < 4.78 is 0. The number of hydrogen-bond donors (Lipinski definition) is 2. The Morgan fingerprint density at radius 3 is 2.64 bits per heavy atom. The van der Waals surface area contributed by atoms with Crippen LogP contribution in [0.4, 0.5) is 5.69 Å². The van der Waals surface area contributed by atoms with Gasteiger partial charge < -0.3 is 10.4 Å². The van der Waals surface area contributed by atoms with Crippen LogP contribution in [0.15, 0.2) is 70.1 Å². The van der Waals surface area contributed by atoms with Crippen molar-refractivity contribution < 1.29 is 9.90 Å². The molecule has 0 bridgehead atoms. The van der Waals surface area contributed by atoms with Crippen molar-refractivity contribution in [2.45, 2.75) is 13.8 Å². The third-order valence-corrected chi connectivity index (χ3v) is 4.54. The van der Waals surface area contributed by atoms with E-state index in [1.165, 1.54) is 11.8 Å². The maximum atomic E-state index is 12.2. The second-order valence-electron chi connectivity index (χ2n) is 5.72. The summed E-state index contributed by atoms with van der Waals surface area (Å²) in [6.07, 6.45) is 3.86. The number of phenolic OH excluding ortho intramolecular Hbond substituents is 1. The minimum Gasteiger partial charge on any atom is -0.506 e. The van der Waals surface area contributed by atoms with Crippen LogP contribution in [0.3, 0.4) is 0 Å². The number of benzene rings is 2. The van der Waals surface area contributed by atoms with Gasteiger partial charge in [0.1, 0.15) is 11.4 Å². The Labute approximate surface area is 151 Å². The second-order valence-corrected chi connectivity index (χ2v) is 6.75. The van der Waals surface area contributed by atoms with Gasteiger partial charge in [0.2, 0.25) is 0 Å². The summed E-state index contributed by atoms with van der Waals surface area (Å²) in [7, 11) is 0. The van der Waals surface area contributed by atoms with Crippen molar-refractivity contribution in [3.63, 3.8) is 0 Å². The lowest BCUT2D eigenvalue weighted by Crippen LogP contribution is -2.19. The SMILES string of the molecule is CC(/C=C1\SC(=Nc2c(C)cccc2O)NC1=O)=C\c1ccccc1. The molecule has 126 valence electrons. The fraction of sp³-hybridized carbons (Fsp3) is 0.100. The highest BCUT2D eigenvalue weighted by Gasteiger charge is 2.24. The van der Waals surface area contributed by atoms with Crippen LogP contribution in [0.25, 0.3) is 6.08 Å². The Morgan fingerprint density at radius 1 is 1.16 bits per heavy atom. The number of nitrogens with one attached hydrogen (secondary N) is 1. The molecular weight excluding hydrogens is 332 g/mol. The molecule has 2 aromatic rings. The van der Waals surface area contributed by atoms with E-state index in [1.54, 1.807) is 12.1 Å². The Balaban J connectivity index is 1.83. The molecule has 1 aliphatic heterocycles. The van der Waals surface area contributed by atoms with Crippen LogP contribution in [-0.4, -0.2) is 16.2 Å². The number of phenols is 1. The van der Waals surface area contributed by atoms with Crippen molar-refractivity contribution in [2.24, 2.45) is 4.99 Å². The van der Waals surface area contributed by atoms with Gasteiger partial charge in [0.25, 0.3) is 5.91 Å². The zero-order valence-electron chi connectivity index (χ0n) is 14.0. The van der Waals surface area contributed by atoms with Crippen molar-refractivity contribution in [1.82, 2.24) is 5.32 Å². The van der Waals surface area contributed by atoms with Crippen molar-refractivity contribution in [3.05, 3.63) is 76.2 Å². The summed E-state index contributed by atoms with van der Waals surface area (Å²) in [5.74, 6) is -0.0856. The molecule has 1 saturated heterocycles. The van der Waals surface area contributed by atoms with Gasteiger partial charge in [-0.05, 0) is 54.5 Å². The van der Waals surface area contributed by atoms with E-state index in [0.29, 0.717) is 15.8 Å². The van der Waals surface area contributed by atoms with E-state index in [9.17, 15) is 9.90 Å². The first-order valence-electron chi connectivity index (χ1n) is 7.84. The number of carbonyl (C=O) groups excluding carboxylic acids is 1. The third-order valence-electron chi connectivity index (χ3n) is 3.63. The van der Waals surface area contributed by atoms with Crippen LogP contribution in [0.1, 0.15) is 18.1 Å². The molecule has 2 N–H and O–H groups in total. The third kappa shape index (κ3) is 4.19. The van der Waals surface area contributed by atoms with E-state index in [0.717, 1.165) is 16.7 Å². The molecule has 5 heteroatoms. The monoisotopic (exact) mass is 350 g/mol. The first kappa shape index (κ1) is 17.0. The number of amidine groups is 1. The normalized spacial score (nSPS) is 18.0. The summed E-state index contributed by atoms with van der Waals surface area (Å²) in [6.45, 7) is 3.82. The van der Waals surface area contributed by atoms with Crippen molar-refractivity contribution in [1.29, 1.82) is 0 Å². The van der Waals surface area contributed by atoms with Gasteiger partial charge in [-0.1, -0.05) is 48.5 Å². The van der Waals surface area contributed by atoms with Crippen LogP contribution in [-0.2, 0) is 4.79 Å². The molecule has 1 fully saturated rings. The molecule has 1 heterocycles. The predicted molar refractivity (Wildman–Crippen MR) is 104 cm³/mol. The molecule has 0 aromatic heterocycles. The molecule has 0 saturated carbocycles. The van der Waals surface area contributed by atoms with E-state index >= 15 is 0 Å². The van der Waals surface area contributed by atoms with Crippen molar-refractivity contribution >= 4 is 34.6 Å². The number of aliphatic imine (C=N–C) groups is 1. The van der Waals surface area contributed by atoms with Gasteiger partial charge in [-0.2, -0.15) is 0 Å². The highest BCUT2D eigenvalue weighted by molar-refractivity contribution is 8.18. The number of amides is 1. The average molecular weight is 350 g/mol. The second kappa shape index (κ2) is 7.40. The average Bonchev–Trinajstić information content (AvgIpc) is 2.91. The Morgan fingerprint density at radius 2 is 1.92 bits per heavy atom. The largest absolute Gasteiger partial charge is 0.506 e. The molecule has 0 radical (unpaired) electrons. The maximum absolute atomic E-state index is 12.2. The number of allylic oxidation sites excluding steroid dienone is 2. The molecule has 3 rings (SSSR count). The minimum atomic E-state index is -0.183. The summed E-state index contributed by atoms with van der Waals surface area (Å²) in [4.78, 5) is 17.1. The zero-order valence-corrected chi connectivity index (χ0v) is 14.8. The smallest absolute Gasteiger partial charge is 0.264 e. The molecule has 1 amide bonds. The van der Waals surface area contributed by atoms with Crippen LogP contribution in [0.5, 0.6) is 5.75 Å². The molecular formula is C20H18N2O2S. The van der Waals surface area contributed by atoms with Crippen LogP contribution >= 0.6 is 11.8 Å². The van der Waals surface area contributed by atoms with E-state index in [4.69, 9.17) is 0 Å². The number of para-hydroxylation sites is 1. The topological polar surface area (TPSA) is 61.7 Å². The molecule has 4 nitrogen and oxygen atoms in total. The lowest BCUT2D eigenvalue weighted by Gasteiger charge is -2.03. The fourth-order valence-electron chi connectivity index (χ4n) is 2.43. The maximum Gasteiger partial charge on any atom is 0.264 e. The lowest BCUT2D eigenvalue weighted by molar-refractivity contribution is -0.115. The van der Waals surface area contributed by atoms with E-state index < -0.39 is 0 Å². The van der Waals surface area contributed by atoms with Gasteiger partial charge >= 0.3 is 0 Å². The fourth-order valence-corrected chi connectivity index (χ4v) is 3.31. The van der Waals surface area contributed by atoms with Crippen molar-refractivity contribution in [3.8, 4) is 5.75 Å². The van der Waals surface area contributed by atoms with Crippen LogP contribution < -0.4 is 5.32 Å². The first-order chi connectivity index (χ1) is 12.0. The number of aryl methyl sites for hydroxylation is 1. The number of thioether (sulfide) groups is 1. The van der Waals surface area contributed by atoms with Crippen LogP contribution in [0.2, 0.25) is 0 Å². The summed E-state index contributed by atoms with van der Waals surface area (Å²) in [5.41, 5.74) is 3.38. The van der Waals surface area contributed by atoms with Gasteiger partial charge in [0.15, 0.2) is 5.17 Å². The van der Waals surface area contributed by atoms with Crippen molar-refractivity contribution in [2.75, 3.05) is 0 Å². The molecule has 0 aliphatic carbocycles. The molecule has 0 atom stereocenters. The van der Waals surface area contributed by atoms with Crippen LogP contribution in [0, 0.1) is 6.92 Å². The summed E-state index contributed by atoms with van der Waals surface area (Å²) in [5, 5.41) is 13.1. The summed E-state index contributed by atoms with van der Waals surface area (Å²) in [6, 6.07) is 15.1.